The molecule has 122 valence electrons. The number of aryl methyl sites for hydroxylation is 1. The first-order valence-electron chi connectivity index (χ1n) is 7.91. The molecule has 24 heavy (non-hydrogen) atoms. The first-order valence-corrected chi connectivity index (χ1v) is 7.91. The molecular weight excluding hydrogens is 298 g/mol. The summed E-state index contributed by atoms with van der Waals surface area (Å²) in [7, 11) is 0. The topological polar surface area (TPSA) is 56.1 Å². The zero-order chi connectivity index (χ0) is 17.4. The van der Waals surface area contributed by atoms with E-state index in [2.05, 4.69) is 5.32 Å². The van der Waals surface area contributed by atoms with Crippen LogP contribution in [0.5, 0.6) is 0 Å². The van der Waals surface area contributed by atoms with Crippen LogP contribution < -0.4 is 5.32 Å². The maximum atomic E-state index is 12.4. The Morgan fingerprint density at radius 2 is 1.83 bits per heavy atom. The van der Waals surface area contributed by atoms with Gasteiger partial charge in [-0.15, -0.1) is 0 Å². The summed E-state index contributed by atoms with van der Waals surface area (Å²) in [5.74, 6) is -0.390. The zero-order valence-electron chi connectivity index (χ0n) is 14.0. The molecule has 0 spiro atoms. The van der Waals surface area contributed by atoms with Gasteiger partial charge >= 0.3 is 0 Å². The number of hydrogen-bond acceptors (Lipinski definition) is 3. The normalized spacial score (nSPS) is 10.8. The third-order valence-electron chi connectivity index (χ3n) is 3.70. The van der Waals surface area contributed by atoms with Gasteiger partial charge in [-0.1, -0.05) is 48.5 Å². The number of para-hydroxylation sites is 1. The van der Waals surface area contributed by atoms with E-state index in [-0.39, 0.29) is 5.57 Å². The van der Waals surface area contributed by atoms with Crippen molar-refractivity contribution in [3.63, 3.8) is 0 Å². The molecule has 0 heterocycles. The summed E-state index contributed by atoms with van der Waals surface area (Å²) in [4.78, 5) is 14.3. The molecular formula is C20H21N3O. The number of nitrogens with zero attached hydrogens (tertiary/aromatic N) is 2. The second kappa shape index (κ2) is 8.54. The average molecular weight is 319 g/mol. The number of nitrogens with one attached hydrogen (secondary N) is 1. The van der Waals surface area contributed by atoms with Crippen molar-refractivity contribution >= 4 is 11.6 Å². The molecule has 0 saturated heterocycles. The lowest BCUT2D eigenvalue weighted by Gasteiger charge is -2.19. The molecule has 1 N–H and O–H groups in total. The van der Waals surface area contributed by atoms with Gasteiger partial charge in [0.2, 0.25) is 0 Å². The fourth-order valence-electron chi connectivity index (χ4n) is 2.29. The van der Waals surface area contributed by atoms with Crippen LogP contribution in [0.2, 0.25) is 0 Å². The first-order chi connectivity index (χ1) is 11.6. The summed E-state index contributed by atoms with van der Waals surface area (Å²) in [6.07, 6.45) is 1.63. The van der Waals surface area contributed by atoms with Gasteiger partial charge in [-0.2, -0.15) is 5.26 Å². The number of carbonyl (C=O) groups is 1. The summed E-state index contributed by atoms with van der Waals surface area (Å²) in [6, 6.07) is 19.5. The van der Waals surface area contributed by atoms with Crippen LogP contribution >= 0.6 is 0 Å². The lowest BCUT2D eigenvalue weighted by Crippen LogP contribution is -2.21. The van der Waals surface area contributed by atoms with E-state index >= 15 is 0 Å². The molecule has 0 aliphatic carbocycles. The molecule has 0 bridgehead atoms. The summed E-state index contributed by atoms with van der Waals surface area (Å²) >= 11 is 0. The highest BCUT2D eigenvalue weighted by Gasteiger charge is 2.12. The molecule has 0 unspecified atom stereocenters. The van der Waals surface area contributed by atoms with E-state index in [1.165, 1.54) is 0 Å². The van der Waals surface area contributed by atoms with Crippen LogP contribution in [0.1, 0.15) is 18.1 Å². The Bertz CT molecular complexity index is 760. The van der Waals surface area contributed by atoms with Crippen molar-refractivity contribution in [2.75, 3.05) is 11.9 Å². The van der Waals surface area contributed by atoms with E-state index in [1.54, 1.807) is 6.20 Å². The van der Waals surface area contributed by atoms with E-state index < -0.39 is 5.91 Å². The summed E-state index contributed by atoms with van der Waals surface area (Å²) in [5, 5.41) is 12.1. The first kappa shape index (κ1) is 17.3. The number of carbonyl (C=O) groups excluding carboxylic acids is 1. The van der Waals surface area contributed by atoms with Crippen molar-refractivity contribution in [3.05, 3.63) is 77.5 Å². The van der Waals surface area contributed by atoms with Crippen molar-refractivity contribution in [2.45, 2.75) is 20.4 Å². The Morgan fingerprint density at radius 3 is 2.46 bits per heavy atom. The van der Waals surface area contributed by atoms with Gasteiger partial charge in [0.1, 0.15) is 11.6 Å². The fourth-order valence-corrected chi connectivity index (χ4v) is 2.29. The number of anilines is 1. The van der Waals surface area contributed by atoms with Crippen molar-refractivity contribution in [1.82, 2.24) is 4.90 Å². The molecule has 0 aromatic heterocycles. The minimum Gasteiger partial charge on any atom is -0.372 e. The van der Waals surface area contributed by atoms with E-state index in [4.69, 9.17) is 0 Å². The molecule has 1 amide bonds. The zero-order valence-corrected chi connectivity index (χ0v) is 14.0. The molecule has 0 aliphatic rings. The Morgan fingerprint density at radius 1 is 1.17 bits per heavy atom. The van der Waals surface area contributed by atoms with Gasteiger partial charge in [0.15, 0.2) is 0 Å². The van der Waals surface area contributed by atoms with Gasteiger partial charge < -0.3 is 10.2 Å². The van der Waals surface area contributed by atoms with Crippen molar-refractivity contribution < 1.29 is 4.79 Å². The number of amides is 1. The highest BCUT2D eigenvalue weighted by atomic mass is 16.1. The Kier molecular flexibility index (Phi) is 6.16. The fraction of sp³-hybridized carbons (Fsp3) is 0.200. The molecule has 2 aromatic carbocycles. The smallest absolute Gasteiger partial charge is 0.267 e. The van der Waals surface area contributed by atoms with Crippen LogP contribution in [0.4, 0.5) is 5.69 Å². The summed E-state index contributed by atoms with van der Waals surface area (Å²) in [5.41, 5.74) is 2.90. The van der Waals surface area contributed by atoms with Crippen LogP contribution in [0, 0.1) is 18.3 Å². The maximum Gasteiger partial charge on any atom is 0.267 e. The van der Waals surface area contributed by atoms with E-state index in [0.29, 0.717) is 13.1 Å². The SMILES string of the molecule is CCN(/C=C(/C#N)C(=O)Nc1ccccc1C)Cc1ccccc1. The lowest BCUT2D eigenvalue weighted by atomic mass is 10.2. The molecule has 0 saturated carbocycles. The third-order valence-corrected chi connectivity index (χ3v) is 3.70. The van der Waals surface area contributed by atoms with Gasteiger partial charge in [-0.05, 0) is 31.0 Å². The van der Waals surface area contributed by atoms with Crippen molar-refractivity contribution in [3.8, 4) is 6.07 Å². The van der Waals surface area contributed by atoms with Gasteiger partial charge in [0.05, 0.1) is 0 Å². The molecule has 2 rings (SSSR count). The number of benzene rings is 2. The predicted octanol–water partition coefficient (Wildman–Crippen LogP) is 3.86. The predicted molar refractivity (Wildman–Crippen MR) is 96.0 cm³/mol. The molecule has 4 nitrogen and oxygen atoms in total. The van der Waals surface area contributed by atoms with Crippen molar-refractivity contribution in [2.24, 2.45) is 0 Å². The second-order valence-corrected chi connectivity index (χ2v) is 5.47. The van der Waals surface area contributed by atoms with Crippen LogP contribution in [0.3, 0.4) is 0 Å². The van der Waals surface area contributed by atoms with Crippen LogP contribution in [0.15, 0.2) is 66.4 Å². The molecule has 0 radical (unpaired) electrons. The van der Waals surface area contributed by atoms with Crippen LogP contribution in [0.25, 0.3) is 0 Å². The largest absolute Gasteiger partial charge is 0.372 e. The Hall–Kier alpha value is -3.06. The Labute approximate surface area is 143 Å². The van der Waals surface area contributed by atoms with E-state index in [0.717, 1.165) is 16.8 Å². The van der Waals surface area contributed by atoms with E-state index in [9.17, 15) is 10.1 Å². The maximum absolute atomic E-state index is 12.4. The van der Waals surface area contributed by atoms with Gasteiger partial charge in [-0.25, -0.2) is 0 Å². The summed E-state index contributed by atoms with van der Waals surface area (Å²) < 4.78 is 0. The molecule has 4 heteroatoms. The highest BCUT2D eigenvalue weighted by molar-refractivity contribution is 6.06. The lowest BCUT2D eigenvalue weighted by molar-refractivity contribution is -0.112. The van der Waals surface area contributed by atoms with Crippen molar-refractivity contribution in [1.29, 1.82) is 5.26 Å². The van der Waals surface area contributed by atoms with Crippen LogP contribution in [-0.2, 0) is 11.3 Å². The number of rotatable bonds is 6. The average Bonchev–Trinajstić information content (AvgIpc) is 2.61. The van der Waals surface area contributed by atoms with Gasteiger partial charge in [-0.3, -0.25) is 4.79 Å². The molecule has 0 aliphatic heterocycles. The molecule has 0 fully saturated rings. The molecule has 2 aromatic rings. The Balaban J connectivity index is 2.13. The van der Waals surface area contributed by atoms with E-state index in [1.807, 2.05) is 79.4 Å². The standard InChI is InChI=1S/C20H21N3O/c1-3-23(14-17-10-5-4-6-11-17)15-18(13-21)20(24)22-19-12-8-7-9-16(19)2/h4-12,15H,3,14H2,1-2H3,(H,22,24)/b18-15-. The number of hydrogen-bond donors (Lipinski definition) is 1. The monoisotopic (exact) mass is 319 g/mol. The molecule has 0 atom stereocenters. The minimum atomic E-state index is -0.390. The quantitative estimate of drug-likeness (QED) is 0.649. The van der Waals surface area contributed by atoms with Gasteiger partial charge in [0.25, 0.3) is 5.91 Å². The third kappa shape index (κ3) is 4.72. The van der Waals surface area contributed by atoms with Gasteiger partial charge in [0, 0.05) is 25.0 Å². The second-order valence-electron chi connectivity index (χ2n) is 5.47. The number of nitriles is 1. The summed E-state index contributed by atoms with van der Waals surface area (Å²) in [6.45, 7) is 5.27. The highest BCUT2D eigenvalue weighted by Crippen LogP contribution is 2.15. The minimum absolute atomic E-state index is 0.0936. The van der Waals surface area contributed by atoms with Crippen LogP contribution in [-0.4, -0.2) is 17.4 Å².